The van der Waals surface area contributed by atoms with Crippen LogP contribution in [-0.4, -0.2) is 11.7 Å². The van der Waals surface area contributed by atoms with Gasteiger partial charge in [0.1, 0.15) is 5.75 Å². The van der Waals surface area contributed by atoms with Gasteiger partial charge in [0.25, 0.3) is 0 Å². The van der Waals surface area contributed by atoms with Crippen LogP contribution in [0.1, 0.15) is 26.2 Å². The summed E-state index contributed by atoms with van der Waals surface area (Å²) in [5, 5.41) is 15.2. The highest BCUT2D eigenvalue weighted by Gasteiger charge is 2.01. The summed E-state index contributed by atoms with van der Waals surface area (Å²) in [4.78, 5) is 0. The van der Waals surface area contributed by atoms with E-state index in [1.54, 1.807) is 6.07 Å². The Labute approximate surface area is 102 Å². The van der Waals surface area contributed by atoms with E-state index >= 15 is 0 Å². The molecule has 17 heavy (non-hydrogen) atoms. The van der Waals surface area contributed by atoms with Gasteiger partial charge in [-0.25, -0.2) is 0 Å². The summed E-state index contributed by atoms with van der Waals surface area (Å²) in [6, 6.07) is 11.7. The molecule has 2 aromatic rings. The number of anilines is 1. The van der Waals surface area contributed by atoms with E-state index in [0.29, 0.717) is 5.75 Å². The van der Waals surface area contributed by atoms with Crippen LogP contribution in [0.15, 0.2) is 36.4 Å². The van der Waals surface area contributed by atoms with Crippen molar-refractivity contribution in [1.82, 2.24) is 0 Å². The van der Waals surface area contributed by atoms with Crippen molar-refractivity contribution in [2.45, 2.75) is 26.2 Å². The fraction of sp³-hybridized carbons (Fsp3) is 0.333. The lowest BCUT2D eigenvalue weighted by Crippen LogP contribution is -2.01. The van der Waals surface area contributed by atoms with E-state index in [1.165, 1.54) is 19.3 Å². The first-order valence-corrected chi connectivity index (χ1v) is 6.27. The van der Waals surface area contributed by atoms with Crippen molar-refractivity contribution in [2.24, 2.45) is 0 Å². The summed E-state index contributed by atoms with van der Waals surface area (Å²) >= 11 is 0. The van der Waals surface area contributed by atoms with Crippen LogP contribution < -0.4 is 5.32 Å². The SMILES string of the molecule is CCCCCNc1cccc2ccc(O)cc12. The molecule has 0 amide bonds. The van der Waals surface area contributed by atoms with Crippen LogP contribution in [0.4, 0.5) is 5.69 Å². The topological polar surface area (TPSA) is 32.3 Å². The van der Waals surface area contributed by atoms with Crippen molar-refractivity contribution in [2.75, 3.05) is 11.9 Å². The molecule has 0 aliphatic carbocycles. The molecule has 90 valence electrons. The van der Waals surface area contributed by atoms with Gasteiger partial charge in [0, 0.05) is 17.6 Å². The van der Waals surface area contributed by atoms with Crippen molar-refractivity contribution in [1.29, 1.82) is 0 Å². The van der Waals surface area contributed by atoms with Crippen molar-refractivity contribution in [3.05, 3.63) is 36.4 Å². The van der Waals surface area contributed by atoms with Gasteiger partial charge in [-0.15, -0.1) is 0 Å². The summed E-state index contributed by atoms with van der Waals surface area (Å²) in [6.45, 7) is 3.19. The first-order valence-electron chi connectivity index (χ1n) is 6.27. The second-order valence-electron chi connectivity index (χ2n) is 4.34. The largest absolute Gasteiger partial charge is 0.508 e. The monoisotopic (exact) mass is 229 g/mol. The molecular formula is C15H19NO. The fourth-order valence-corrected chi connectivity index (χ4v) is 2.01. The Morgan fingerprint density at radius 1 is 1.12 bits per heavy atom. The van der Waals surface area contributed by atoms with Crippen LogP contribution in [-0.2, 0) is 0 Å². The van der Waals surface area contributed by atoms with Gasteiger partial charge in [0.2, 0.25) is 0 Å². The fourth-order valence-electron chi connectivity index (χ4n) is 2.01. The Balaban J connectivity index is 2.18. The molecule has 0 saturated heterocycles. The zero-order valence-corrected chi connectivity index (χ0v) is 10.2. The zero-order valence-electron chi connectivity index (χ0n) is 10.2. The molecule has 0 fully saturated rings. The van der Waals surface area contributed by atoms with Crippen LogP contribution in [0.2, 0.25) is 0 Å². The minimum absolute atomic E-state index is 0.320. The maximum absolute atomic E-state index is 9.54. The van der Waals surface area contributed by atoms with Crippen LogP contribution >= 0.6 is 0 Å². The van der Waals surface area contributed by atoms with E-state index in [0.717, 1.165) is 23.0 Å². The molecule has 0 unspecified atom stereocenters. The molecule has 2 rings (SSSR count). The van der Waals surface area contributed by atoms with E-state index in [2.05, 4.69) is 24.4 Å². The Kier molecular flexibility index (Phi) is 3.86. The normalized spacial score (nSPS) is 10.6. The Bertz CT molecular complexity index is 493. The second kappa shape index (κ2) is 5.58. The average Bonchev–Trinajstić information content (AvgIpc) is 2.35. The number of hydrogen-bond donors (Lipinski definition) is 2. The number of fused-ring (bicyclic) bond motifs is 1. The molecule has 0 bridgehead atoms. The van der Waals surface area contributed by atoms with E-state index in [9.17, 15) is 5.11 Å². The molecule has 0 radical (unpaired) electrons. The quantitative estimate of drug-likeness (QED) is 0.755. The molecule has 0 aromatic heterocycles. The van der Waals surface area contributed by atoms with Crippen LogP contribution in [0.5, 0.6) is 5.75 Å². The molecule has 0 heterocycles. The van der Waals surface area contributed by atoms with Crippen LogP contribution in [0.25, 0.3) is 10.8 Å². The summed E-state index contributed by atoms with van der Waals surface area (Å²) in [5.41, 5.74) is 1.11. The van der Waals surface area contributed by atoms with Gasteiger partial charge in [0.05, 0.1) is 0 Å². The van der Waals surface area contributed by atoms with Gasteiger partial charge in [-0.3, -0.25) is 0 Å². The molecule has 0 saturated carbocycles. The number of nitrogens with one attached hydrogen (secondary N) is 1. The predicted molar refractivity (Wildman–Crippen MR) is 73.6 cm³/mol. The summed E-state index contributed by atoms with van der Waals surface area (Å²) in [6.07, 6.45) is 3.67. The minimum atomic E-state index is 0.320. The zero-order chi connectivity index (χ0) is 12.1. The molecule has 0 aliphatic rings. The minimum Gasteiger partial charge on any atom is -0.508 e. The van der Waals surface area contributed by atoms with Gasteiger partial charge in [-0.05, 0) is 30.0 Å². The third-order valence-corrected chi connectivity index (χ3v) is 2.96. The van der Waals surface area contributed by atoms with Gasteiger partial charge < -0.3 is 10.4 Å². The van der Waals surface area contributed by atoms with Crippen molar-refractivity contribution >= 4 is 16.5 Å². The maximum atomic E-state index is 9.54. The highest BCUT2D eigenvalue weighted by molar-refractivity contribution is 5.94. The highest BCUT2D eigenvalue weighted by atomic mass is 16.3. The van der Waals surface area contributed by atoms with Gasteiger partial charge in [0.15, 0.2) is 0 Å². The smallest absolute Gasteiger partial charge is 0.116 e. The lowest BCUT2D eigenvalue weighted by atomic mass is 10.1. The Morgan fingerprint density at radius 2 is 2.00 bits per heavy atom. The maximum Gasteiger partial charge on any atom is 0.116 e. The molecule has 2 N–H and O–H groups in total. The third kappa shape index (κ3) is 2.90. The van der Waals surface area contributed by atoms with Gasteiger partial charge in [-0.1, -0.05) is 38.0 Å². The van der Waals surface area contributed by atoms with Gasteiger partial charge in [-0.2, -0.15) is 0 Å². The number of unbranched alkanes of at least 4 members (excludes halogenated alkanes) is 2. The number of aromatic hydroxyl groups is 1. The third-order valence-electron chi connectivity index (χ3n) is 2.96. The second-order valence-corrected chi connectivity index (χ2v) is 4.34. The Morgan fingerprint density at radius 3 is 2.82 bits per heavy atom. The number of phenolic OH excluding ortho intramolecular Hbond substituents is 1. The van der Waals surface area contributed by atoms with Crippen LogP contribution in [0, 0.1) is 0 Å². The van der Waals surface area contributed by atoms with E-state index in [4.69, 9.17) is 0 Å². The number of phenols is 1. The molecule has 2 aromatic carbocycles. The van der Waals surface area contributed by atoms with Crippen molar-refractivity contribution in [3.8, 4) is 5.75 Å². The highest BCUT2D eigenvalue weighted by Crippen LogP contribution is 2.26. The summed E-state index contributed by atoms with van der Waals surface area (Å²) in [7, 11) is 0. The molecule has 0 atom stereocenters. The predicted octanol–water partition coefficient (Wildman–Crippen LogP) is 4.15. The lowest BCUT2D eigenvalue weighted by Gasteiger charge is -2.09. The molecule has 2 nitrogen and oxygen atoms in total. The van der Waals surface area contributed by atoms with Crippen molar-refractivity contribution in [3.63, 3.8) is 0 Å². The lowest BCUT2D eigenvalue weighted by molar-refractivity contribution is 0.476. The van der Waals surface area contributed by atoms with E-state index in [-0.39, 0.29) is 0 Å². The Hall–Kier alpha value is -1.70. The molecule has 0 spiro atoms. The van der Waals surface area contributed by atoms with Gasteiger partial charge >= 0.3 is 0 Å². The summed E-state index contributed by atoms with van der Waals surface area (Å²) < 4.78 is 0. The molecular weight excluding hydrogens is 210 g/mol. The number of benzene rings is 2. The first-order chi connectivity index (χ1) is 8.31. The molecule has 0 aliphatic heterocycles. The van der Waals surface area contributed by atoms with Crippen molar-refractivity contribution < 1.29 is 5.11 Å². The number of rotatable bonds is 5. The summed E-state index contributed by atoms with van der Waals surface area (Å²) in [5.74, 6) is 0.320. The van der Waals surface area contributed by atoms with Crippen LogP contribution in [0.3, 0.4) is 0 Å². The van der Waals surface area contributed by atoms with E-state index in [1.807, 2.05) is 18.2 Å². The standard InChI is InChI=1S/C15H19NO/c1-2-3-4-10-16-15-7-5-6-12-8-9-13(17)11-14(12)15/h5-9,11,16-17H,2-4,10H2,1H3. The average molecular weight is 229 g/mol. The van der Waals surface area contributed by atoms with E-state index < -0.39 is 0 Å². The molecule has 2 heteroatoms. The number of hydrogen-bond acceptors (Lipinski definition) is 2. The first kappa shape index (κ1) is 11.8.